The second kappa shape index (κ2) is 6.81. The predicted octanol–water partition coefficient (Wildman–Crippen LogP) is 1.45. The summed E-state index contributed by atoms with van der Waals surface area (Å²) in [5.41, 5.74) is 0. The second-order valence-electron chi connectivity index (χ2n) is 6.01. The Labute approximate surface area is 128 Å². The Bertz CT molecular complexity index is 489. The number of amides is 1. The van der Waals surface area contributed by atoms with Crippen LogP contribution in [0, 0.1) is 5.92 Å². The van der Waals surface area contributed by atoms with Gasteiger partial charge in [-0.1, -0.05) is 11.3 Å². The van der Waals surface area contributed by atoms with E-state index in [1.165, 1.54) is 24.2 Å². The highest BCUT2D eigenvalue weighted by atomic mass is 32.1. The maximum atomic E-state index is 12.0. The van der Waals surface area contributed by atoms with Crippen molar-refractivity contribution in [3.8, 4) is 0 Å². The Morgan fingerprint density at radius 2 is 2.24 bits per heavy atom. The molecule has 1 atom stereocenters. The van der Waals surface area contributed by atoms with E-state index < -0.39 is 0 Å². The summed E-state index contributed by atoms with van der Waals surface area (Å²) in [6.45, 7) is 2.91. The van der Waals surface area contributed by atoms with Gasteiger partial charge in [-0.25, -0.2) is 0 Å². The van der Waals surface area contributed by atoms with Crippen molar-refractivity contribution in [3.05, 3.63) is 5.01 Å². The lowest BCUT2D eigenvalue weighted by molar-refractivity contribution is -0.116. The molecule has 2 aliphatic rings. The fourth-order valence-corrected chi connectivity index (χ4v) is 3.65. The van der Waals surface area contributed by atoms with Crippen molar-refractivity contribution >= 4 is 22.4 Å². The molecule has 0 radical (unpaired) electrons. The number of rotatable bonds is 6. The molecule has 2 N–H and O–H groups in total. The Morgan fingerprint density at radius 3 is 3.00 bits per heavy atom. The zero-order valence-corrected chi connectivity index (χ0v) is 12.9. The first kappa shape index (κ1) is 14.9. The summed E-state index contributed by atoms with van der Waals surface area (Å²) in [6, 6.07) is 0. The molecule has 2 fully saturated rings. The van der Waals surface area contributed by atoms with Crippen molar-refractivity contribution < 1.29 is 9.90 Å². The van der Waals surface area contributed by atoms with Crippen LogP contribution in [0.25, 0.3) is 0 Å². The number of nitrogens with zero attached hydrogens (tertiary/aromatic N) is 3. The van der Waals surface area contributed by atoms with Gasteiger partial charge in [0.1, 0.15) is 5.01 Å². The molecular formula is C14H22N4O2S. The van der Waals surface area contributed by atoms with Crippen molar-refractivity contribution in [2.45, 2.75) is 38.0 Å². The van der Waals surface area contributed by atoms with E-state index in [2.05, 4.69) is 20.4 Å². The number of carbonyl (C=O) groups is 1. The lowest BCUT2D eigenvalue weighted by Gasteiger charge is -2.31. The Kier molecular flexibility index (Phi) is 4.82. The van der Waals surface area contributed by atoms with Gasteiger partial charge in [0, 0.05) is 32.0 Å². The number of piperidine rings is 1. The fourth-order valence-electron chi connectivity index (χ4n) is 2.73. The average Bonchev–Trinajstić information content (AvgIpc) is 3.26. The fraction of sp³-hybridized carbons (Fsp3) is 0.786. The van der Waals surface area contributed by atoms with Crippen LogP contribution in [0.2, 0.25) is 0 Å². The third-order valence-corrected chi connectivity index (χ3v) is 5.13. The number of likely N-dealkylation sites (tertiary alicyclic amines) is 1. The van der Waals surface area contributed by atoms with Crippen molar-refractivity contribution in [2.24, 2.45) is 5.92 Å². The zero-order valence-electron chi connectivity index (χ0n) is 12.1. The number of hydrogen-bond acceptors (Lipinski definition) is 6. The highest BCUT2D eigenvalue weighted by Gasteiger charge is 2.27. The van der Waals surface area contributed by atoms with E-state index in [1.807, 2.05) is 0 Å². The van der Waals surface area contributed by atoms with Gasteiger partial charge in [-0.3, -0.25) is 4.79 Å². The van der Waals surface area contributed by atoms with Gasteiger partial charge in [0.05, 0.1) is 0 Å². The van der Waals surface area contributed by atoms with Crippen molar-refractivity contribution in [1.82, 2.24) is 15.1 Å². The molecule has 1 aromatic heterocycles. The third-order valence-electron chi connectivity index (χ3n) is 4.13. The number of aromatic nitrogens is 2. The molecule has 1 aliphatic heterocycles. The zero-order chi connectivity index (χ0) is 14.7. The van der Waals surface area contributed by atoms with Gasteiger partial charge in [-0.05, 0) is 38.1 Å². The van der Waals surface area contributed by atoms with Crippen molar-refractivity contribution in [2.75, 3.05) is 31.6 Å². The summed E-state index contributed by atoms with van der Waals surface area (Å²) in [6.07, 6.45) is 5.06. The summed E-state index contributed by atoms with van der Waals surface area (Å²) in [7, 11) is 0. The molecular weight excluding hydrogens is 288 g/mol. The first-order chi connectivity index (χ1) is 10.2. The number of aliphatic hydroxyl groups excluding tert-OH is 1. The van der Waals surface area contributed by atoms with Crippen LogP contribution in [0.1, 0.15) is 43.0 Å². The van der Waals surface area contributed by atoms with E-state index in [-0.39, 0.29) is 12.5 Å². The lowest BCUT2D eigenvalue weighted by atomic mass is 9.99. The molecule has 1 aromatic rings. The Balaban J connectivity index is 1.41. The summed E-state index contributed by atoms with van der Waals surface area (Å²) in [4.78, 5) is 14.2. The van der Waals surface area contributed by atoms with Crippen LogP contribution in [0.15, 0.2) is 0 Å². The molecule has 7 heteroatoms. The maximum absolute atomic E-state index is 12.0. The molecule has 1 amide bonds. The van der Waals surface area contributed by atoms with E-state index in [9.17, 15) is 9.90 Å². The summed E-state index contributed by atoms with van der Waals surface area (Å²) in [5, 5.41) is 21.9. The largest absolute Gasteiger partial charge is 0.396 e. The Morgan fingerprint density at radius 1 is 1.38 bits per heavy atom. The molecule has 0 aromatic carbocycles. The van der Waals surface area contributed by atoms with Crippen LogP contribution >= 0.6 is 11.3 Å². The molecule has 1 saturated heterocycles. The normalized spacial score (nSPS) is 23.2. The molecule has 1 saturated carbocycles. The van der Waals surface area contributed by atoms with Gasteiger partial charge in [0.15, 0.2) is 0 Å². The van der Waals surface area contributed by atoms with E-state index in [1.54, 1.807) is 0 Å². The van der Waals surface area contributed by atoms with Crippen LogP contribution in [0.4, 0.5) is 5.13 Å². The molecule has 3 rings (SSSR count). The first-order valence-corrected chi connectivity index (χ1v) is 8.52. The van der Waals surface area contributed by atoms with E-state index in [4.69, 9.17) is 0 Å². The number of aliphatic hydroxyl groups is 1. The van der Waals surface area contributed by atoms with Crippen LogP contribution in [-0.2, 0) is 4.79 Å². The SMILES string of the molecule is O=C(CCN1CCC[C@@H](CO)C1)Nc1nnc(C2CC2)s1. The van der Waals surface area contributed by atoms with Gasteiger partial charge >= 0.3 is 0 Å². The van der Waals surface area contributed by atoms with Crippen molar-refractivity contribution in [3.63, 3.8) is 0 Å². The van der Waals surface area contributed by atoms with Gasteiger partial charge in [0.2, 0.25) is 11.0 Å². The minimum absolute atomic E-state index is 0.000353. The highest BCUT2D eigenvalue weighted by molar-refractivity contribution is 7.15. The smallest absolute Gasteiger partial charge is 0.227 e. The molecule has 0 spiro atoms. The molecule has 116 valence electrons. The highest BCUT2D eigenvalue weighted by Crippen LogP contribution is 2.42. The monoisotopic (exact) mass is 310 g/mol. The minimum Gasteiger partial charge on any atom is -0.396 e. The first-order valence-electron chi connectivity index (χ1n) is 7.71. The van der Waals surface area contributed by atoms with Gasteiger partial charge in [0.25, 0.3) is 0 Å². The topological polar surface area (TPSA) is 78.4 Å². The average molecular weight is 310 g/mol. The number of hydrogen-bond donors (Lipinski definition) is 2. The standard InChI is InChI=1S/C14H22N4O2S/c19-9-10-2-1-6-18(8-10)7-5-12(20)15-14-17-16-13(21-14)11-3-4-11/h10-11,19H,1-9H2,(H,15,17,20)/t10-/m1/s1. The quantitative estimate of drug-likeness (QED) is 0.831. The van der Waals surface area contributed by atoms with Gasteiger partial charge < -0.3 is 15.3 Å². The van der Waals surface area contributed by atoms with Crippen molar-refractivity contribution in [1.29, 1.82) is 0 Å². The Hall–Kier alpha value is -1.05. The number of nitrogens with one attached hydrogen (secondary N) is 1. The predicted molar refractivity (Wildman–Crippen MR) is 81.4 cm³/mol. The summed E-state index contributed by atoms with van der Waals surface area (Å²) >= 11 is 1.50. The molecule has 2 heterocycles. The van der Waals surface area contributed by atoms with E-state index in [0.29, 0.717) is 23.4 Å². The van der Waals surface area contributed by atoms with E-state index >= 15 is 0 Å². The van der Waals surface area contributed by atoms with Crippen LogP contribution in [-0.4, -0.2) is 52.4 Å². The molecule has 21 heavy (non-hydrogen) atoms. The number of anilines is 1. The van der Waals surface area contributed by atoms with Crippen LogP contribution in [0.5, 0.6) is 0 Å². The summed E-state index contributed by atoms with van der Waals surface area (Å²) < 4.78 is 0. The van der Waals surface area contributed by atoms with Gasteiger partial charge in [-0.2, -0.15) is 0 Å². The lowest BCUT2D eigenvalue weighted by Crippen LogP contribution is -2.38. The molecule has 0 unspecified atom stereocenters. The number of carbonyl (C=O) groups excluding carboxylic acids is 1. The van der Waals surface area contributed by atoms with Crippen LogP contribution < -0.4 is 5.32 Å². The summed E-state index contributed by atoms with van der Waals surface area (Å²) in [5.74, 6) is 0.947. The molecule has 0 bridgehead atoms. The van der Waals surface area contributed by atoms with Gasteiger partial charge in [-0.15, -0.1) is 10.2 Å². The minimum atomic E-state index is -0.000353. The third kappa shape index (κ3) is 4.21. The van der Waals surface area contributed by atoms with E-state index in [0.717, 1.165) is 37.5 Å². The van der Waals surface area contributed by atoms with Crippen LogP contribution in [0.3, 0.4) is 0 Å². The maximum Gasteiger partial charge on any atom is 0.227 e. The second-order valence-corrected chi connectivity index (χ2v) is 7.02. The molecule has 6 nitrogen and oxygen atoms in total. The molecule has 1 aliphatic carbocycles.